The molecule has 1 amide bonds. The van der Waals surface area contributed by atoms with Crippen molar-refractivity contribution >= 4 is 17.5 Å². The van der Waals surface area contributed by atoms with Crippen molar-refractivity contribution in [3.05, 3.63) is 0 Å². The van der Waals surface area contributed by atoms with Crippen molar-refractivity contribution in [3.8, 4) is 0 Å². The van der Waals surface area contributed by atoms with E-state index >= 15 is 0 Å². The Balaban J connectivity index is 3.43. The lowest BCUT2D eigenvalue weighted by atomic mass is 10.4. The van der Waals surface area contributed by atoms with Crippen LogP contribution in [0, 0.1) is 0 Å². The first-order valence-corrected chi connectivity index (χ1v) is 4.56. The zero-order valence-corrected chi connectivity index (χ0v) is 8.76. The minimum absolute atomic E-state index is 0.00424. The quantitative estimate of drug-likeness (QED) is 0.597. The number of halogens is 1. The zero-order valence-electron chi connectivity index (χ0n) is 8.01. The van der Waals surface area contributed by atoms with Crippen LogP contribution in [-0.4, -0.2) is 55.8 Å². The van der Waals surface area contributed by atoms with E-state index < -0.39 is 0 Å². The highest BCUT2D eigenvalue weighted by molar-refractivity contribution is 6.27. The molecule has 0 aromatic rings. The Morgan fingerprint density at radius 3 is 2.25 bits per heavy atom. The molecule has 0 fully saturated rings. The molecular weight excluding hydrogens is 176 g/mol. The molecule has 0 aliphatic heterocycles. The second kappa shape index (κ2) is 6.26. The molecule has 0 aromatic carbocycles. The number of nitrogens with zero attached hydrogens (tertiary/aromatic N) is 2. The largest absolute Gasteiger partial charge is 0.345 e. The maximum Gasteiger partial charge on any atom is 0.237 e. The Bertz CT molecular complexity index is 139. The summed E-state index contributed by atoms with van der Waals surface area (Å²) in [5.74, 6) is 0.0776. The SMILES string of the molecule is CN(C)CCCN(C)C(=O)CCl. The first kappa shape index (κ1) is 11.7. The van der Waals surface area contributed by atoms with Gasteiger partial charge in [-0.05, 0) is 27.1 Å². The van der Waals surface area contributed by atoms with Gasteiger partial charge in [0, 0.05) is 13.6 Å². The van der Waals surface area contributed by atoms with Crippen molar-refractivity contribution in [2.24, 2.45) is 0 Å². The smallest absolute Gasteiger partial charge is 0.237 e. The van der Waals surface area contributed by atoms with Gasteiger partial charge in [-0.15, -0.1) is 11.6 Å². The fourth-order valence-corrected chi connectivity index (χ4v) is 1.05. The summed E-state index contributed by atoms with van der Waals surface area (Å²) in [6.07, 6.45) is 0.992. The van der Waals surface area contributed by atoms with Gasteiger partial charge >= 0.3 is 0 Å². The minimum atomic E-state index is -0.00424. The van der Waals surface area contributed by atoms with Gasteiger partial charge in [0.25, 0.3) is 0 Å². The van der Waals surface area contributed by atoms with Crippen molar-refractivity contribution in [2.75, 3.05) is 40.1 Å². The molecule has 3 nitrogen and oxygen atoms in total. The number of hydrogen-bond acceptors (Lipinski definition) is 2. The van der Waals surface area contributed by atoms with Gasteiger partial charge in [0.15, 0.2) is 0 Å². The van der Waals surface area contributed by atoms with Gasteiger partial charge in [-0.1, -0.05) is 0 Å². The maximum absolute atomic E-state index is 11.0. The molecule has 0 N–H and O–H groups in total. The average molecular weight is 193 g/mol. The van der Waals surface area contributed by atoms with Crippen LogP contribution < -0.4 is 0 Å². The van der Waals surface area contributed by atoms with Crippen LogP contribution >= 0.6 is 11.6 Å². The van der Waals surface area contributed by atoms with E-state index in [2.05, 4.69) is 4.90 Å². The van der Waals surface area contributed by atoms with Crippen LogP contribution in [0.4, 0.5) is 0 Å². The van der Waals surface area contributed by atoms with E-state index in [-0.39, 0.29) is 11.8 Å². The monoisotopic (exact) mass is 192 g/mol. The number of carbonyl (C=O) groups is 1. The maximum atomic E-state index is 11.0. The topological polar surface area (TPSA) is 23.6 Å². The highest BCUT2D eigenvalue weighted by Gasteiger charge is 2.05. The summed E-state index contributed by atoms with van der Waals surface area (Å²) in [5.41, 5.74) is 0. The second-order valence-electron chi connectivity index (χ2n) is 3.11. The van der Waals surface area contributed by atoms with Crippen LogP contribution in [-0.2, 0) is 4.79 Å². The van der Waals surface area contributed by atoms with Crippen LogP contribution in [0.5, 0.6) is 0 Å². The Morgan fingerprint density at radius 2 is 1.83 bits per heavy atom. The number of hydrogen-bond donors (Lipinski definition) is 0. The van der Waals surface area contributed by atoms with E-state index in [4.69, 9.17) is 11.6 Å². The van der Waals surface area contributed by atoms with Gasteiger partial charge in [-0.2, -0.15) is 0 Å². The number of amides is 1. The molecule has 0 rings (SSSR count). The van der Waals surface area contributed by atoms with Crippen LogP contribution in [0.2, 0.25) is 0 Å². The highest BCUT2D eigenvalue weighted by atomic mass is 35.5. The molecular formula is C8H17ClN2O. The molecule has 0 bridgehead atoms. The van der Waals surface area contributed by atoms with Gasteiger partial charge in [-0.25, -0.2) is 0 Å². The first-order valence-electron chi connectivity index (χ1n) is 4.02. The van der Waals surface area contributed by atoms with Crippen LogP contribution in [0.25, 0.3) is 0 Å². The summed E-state index contributed by atoms with van der Waals surface area (Å²) in [5, 5.41) is 0. The van der Waals surface area contributed by atoms with Crippen molar-refractivity contribution in [1.82, 2.24) is 9.80 Å². The van der Waals surface area contributed by atoms with E-state index in [9.17, 15) is 4.79 Å². The number of carbonyl (C=O) groups excluding carboxylic acids is 1. The van der Waals surface area contributed by atoms with Gasteiger partial charge in [0.2, 0.25) is 5.91 Å². The Hall–Kier alpha value is -0.280. The lowest BCUT2D eigenvalue weighted by molar-refractivity contribution is -0.127. The van der Waals surface area contributed by atoms with Crippen LogP contribution in [0.1, 0.15) is 6.42 Å². The normalized spacial score (nSPS) is 10.4. The molecule has 72 valence electrons. The second-order valence-corrected chi connectivity index (χ2v) is 3.37. The summed E-state index contributed by atoms with van der Waals surface area (Å²) in [7, 11) is 5.81. The van der Waals surface area contributed by atoms with E-state index in [0.717, 1.165) is 19.5 Å². The summed E-state index contributed by atoms with van der Waals surface area (Å²) in [4.78, 5) is 14.7. The third-order valence-corrected chi connectivity index (χ3v) is 1.87. The van der Waals surface area contributed by atoms with Gasteiger partial charge in [0.1, 0.15) is 5.88 Å². The molecule has 0 spiro atoms. The summed E-state index contributed by atoms with van der Waals surface area (Å²) < 4.78 is 0. The molecule has 0 atom stereocenters. The number of alkyl halides is 1. The molecule has 0 heterocycles. The predicted molar refractivity (Wildman–Crippen MR) is 51.5 cm³/mol. The lowest BCUT2D eigenvalue weighted by Gasteiger charge is -2.17. The predicted octanol–water partition coefficient (Wildman–Crippen LogP) is 0.635. The lowest BCUT2D eigenvalue weighted by Crippen LogP contribution is -2.30. The van der Waals surface area contributed by atoms with Crippen molar-refractivity contribution in [3.63, 3.8) is 0 Å². The van der Waals surface area contributed by atoms with E-state index in [1.807, 2.05) is 14.1 Å². The molecule has 0 aliphatic carbocycles. The van der Waals surface area contributed by atoms with E-state index in [0.29, 0.717) is 0 Å². The summed E-state index contributed by atoms with van der Waals surface area (Å²) in [6, 6.07) is 0. The van der Waals surface area contributed by atoms with Crippen molar-refractivity contribution in [1.29, 1.82) is 0 Å². The Labute approximate surface area is 79.3 Å². The Morgan fingerprint density at radius 1 is 1.25 bits per heavy atom. The third kappa shape index (κ3) is 5.38. The molecule has 0 saturated heterocycles. The van der Waals surface area contributed by atoms with E-state index in [1.165, 1.54) is 0 Å². The molecule has 4 heteroatoms. The highest BCUT2D eigenvalue weighted by Crippen LogP contribution is 1.91. The van der Waals surface area contributed by atoms with Gasteiger partial charge in [-0.3, -0.25) is 4.79 Å². The van der Waals surface area contributed by atoms with Crippen molar-refractivity contribution in [2.45, 2.75) is 6.42 Å². The molecule has 0 unspecified atom stereocenters. The summed E-state index contributed by atoms with van der Waals surface area (Å²) in [6.45, 7) is 1.78. The minimum Gasteiger partial charge on any atom is -0.345 e. The Kier molecular flexibility index (Phi) is 6.11. The summed E-state index contributed by atoms with van der Waals surface area (Å²) >= 11 is 5.39. The molecule has 0 aliphatic rings. The van der Waals surface area contributed by atoms with Gasteiger partial charge < -0.3 is 9.80 Å². The molecule has 0 radical (unpaired) electrons. The van der Waals surface area contributed by atoms with Crippen molar-refractivity contribution < 1.29 is 4.79 Å². The third-order valence-electron chi connectivity index (χ3n) is 1.64. The fourth-order valence-electron chi connectivity index (χ4n) is 0.851. The van der Waals surface area contributed by atoms with E-state index in [1.54, 1.807) is 11.9 Å². The average Bonchev–Trinajstić information content (AvgIpc) is 2.02. The standard InChI is InChI=1S/C8H17ClN2O/c1-10(2)5-4-6-11(3)8(12)7-9/h4-7H2,1-3H3. The molecule has 0 aromatic heterocycles. The molecule has 0 saturated carbocycles. The number of rotatable bonds is 5. The van der Waals surface area contributed by atoms with Gasteiger partial charge in [0.05, 0.1) is 0 Å². The van der Waals surface area contributed by atoms with Crippen LogP contribution in [0.15, 0.2) is 0 Å². The zero-order chi connectivity index (χ0) is 9.56. The first-order chi connectivity index (χ1) is 5.57. The fraction of sp³-hybridized carbons (Fsp3) is 0.875. The molecule has 12 heavy (non-hydrogen) atoms. The van der Waals surface area contributed by atoms with Crippen LogP contribution in [0.3, 0.4) is 0 Å².